The third-order valence-corrected chi connectivity index (χ3v) is 5.98. The number of hydrazone groups is 1. The highest BCUT2D eigenvalue weighted by atomic mass is 35.5. The molecule has 0 aromatic heterocycles. The Morgan fingerprint density at radius 3 is 2.11 bits per heavy atom. The van der Waals surface area contributed by atoms with Gasteiger partial charge in [-0.1, -0.05) is 23.2 Å². The van der Waals surface area contributed by atoms with Crippen molar-refractivity contribution in [3.8, 4) is 6.07 Å². The maximum atomic E-state index is 13.0. The summed E-state index contributed by atoms with van der Waals surface area (Å²) in [5.41, 5.74) is -1.98. The molecular weight excluding hydrogens is 445 g/mol. The lowest BCUT2D eigenvalue weighted by Crippen LogP contribution is -2.58. The van der Waals surface area contributed by atoms with Gasteiger partial charge in [-0.05, 0) is 19.1 Å². The van der Waals surface area contributed by atoms with Crippen LogP contribution in [0, 0.1) is 11.3 Å². The smallest absolute Gasteiger partial charge is 0.308 e. The molecular formula is C13H8Cl2F6N4OS. The third kappa shape index (κ3) is 3.61. The monoisotopic (exact) mass is 452 g/mol. The van der Waals surface area contributed by atoms with Gasteiger partial charge in [0.25, 0.3) is 0 Å². The molecule has 1 aliphatic rings. The summed E-state index contributed by atoms with van der Waals surface area (Å²) in [5.74, 6) is 0. The van der Waals surface area contributed by atoms with Gasteiger partial charge in [0.15, 0.2) is 5.71 Å². The molecule has 148 valence electrons. The van der Waals surface area contributed by atoms with Crippen molar-refractivity contribution < 1.29 is 30.6 Å². The summed E-state index contributed by atoms with van der Waals surface area (Å²) in [7, 11) is -3.65. The quantitative estimate of drug-likeness (QED) is 0.686. The van der Waals surface area contributed by atoms with Gasteiger partial charge in [-0.25, -0.2) is 9.22 Å². The molecule has 2 N–H and O–H groups in total. The van der Waals surface area contributed by atoms with Crippen LogP contribution in [0.1, 0.15) is 12.5 Å². The normalized spacial score (nSPS) is 24.6. The first-order valence-corrected chi connectivity index (χ1v) is 8.65. The highest BCUT2D eigenvalue weighted by molar-refractivity contribution is 7.88. The van der Waals surface area contributed by atoms with E-state index in [0.717, 1.165) is 6.92 Å². The fourth-order valence-corrected chi connectivity index (χ4v) is 4.07. The van der Waals surface area contributed by atoms with E-state index < -0.39 is 60.4 Å². The van der Waals surface area contributed by atoms with Crippen LogP contribution in [0.4, 0.5) is 32.0 Å². The Morgan fingerprint density at radius 1 is 1.26 bits per heavy atom. The Morgan fingerprint density at radius 2 is 1.74 bits per heavy atom. The van der Waals surface area contributed by atoms with E-state index in [2.05, 4.69) is 5.10 Å². The number of benzene rings is 1. The molecule has 14 heteroatoms. The van der Waals surface area contributed by atoms with Gasteiger partial charge in [-0.15, -0.1) is 0 Å². The lowest BCUT2D eigenvalue weighted by atomic mass is 10.0. The first kappa shape index (κ1) is 21.7. The van der Waals surface area contributed by atoms with Gasteiger partial charge < -0.3 is 5.73 Å². The molecule has 27 heavy (non-hydrogen) atoms. The molecule has 0 saturated carbocycles. The minimum Gasteiger partial charge on any atom is -0.308 e. The number of nitrogens with two attached hydrogens (primary N) is 1. The molecule has 0 amide bonds. The molecule has 1 aliphatic heterocycles. The minimum absolute atomic E-state index is 0.450. The van der Waals surface area contributed by atoms with Crippen LogP contribution < -0.4 is 10.7 Å². The fraction of sp³-hybridized carbons (Fsp3) is 0.385. The Bertz CT molecular complexity index is 858. The summed E-state index contributed by atoms with van der Waals surface area (Å²) in [5, 5.41) is 12.0. The largest absolute Gasteiger partial charge is 0.472 e. The van der Waals surface area contributed by atoms with Crippen molar-refractivity contribution >= 4 is 45.4 Å². The molecule has 0 aliphatic carbocycles. The summed E-state index contributed by atoms with van der Waals surface area (Å²) in [4.78, 5) is 0. The maximum Gasteiger partial charge on any atom is 0.472 e. The molecule has 0 saturated heterocycles. The SMILES string of the molecule is CC1(S(=O)C(F)(F)F)C(C#N)=NN(c2c(Cl)cc(C(F)(F)F)cc2Cl)C1N. The van der Waals surface area contributed by atoms with Crippen molar-refractivity contribution in [3.05, 3.63) is 27.7 Å². The number of alkyl halides is 6. The number of hydrogen-bond donors (Lipinski definition) is 1. The van der Waals surface area contributed by atoms with Crippen molar-refractivity contribution in [1.29, 1.82) is 5.26 Å². The topological polar surface area (TPSA) is 82.5 Å². The van der Waals surface area contributed by atoms with Crippen LogP contribution in [0.25, 0.3) is 0 Å². The zero-order chi connectivity index (χ0) is 20.9. The predicted octanol–water partition coefficient (Wildman–Crippen LogP) is 4.02. The van der Waals surface area contributed by atoms with Gasteiger partial charge >= 0.3 is 11.7 Å². The summed E-state index contributed by atoms with van der Waals surface area (Å²) in [6.07, 6.45) is -6.63. The van der Waals surface area contributed by atoms with Gasteiger partial charge in [-0.3, -0.25) is 0 Å². The summed E-state index contributed by atoms with van der Waals surface area (Å²) in [6.45, 7) is 0.801. The lowest BCUT2D eigenvalue weighted by molar-refractivity contribution is -0.137. The number of nitrogens with zero attached hydrogens (tertiary/aromatic N) is 3. The Kier molecular flexibility index (Phi) is 5.48. The first-order valence-electron chi connectivity index (χ1n) is 6.74. The average Bonchev–Trinajstić information content (AvgIpc) is 2.77. The van der Waals surface area contributed by atoms with E-state index in [0.29, 0.717) is 17.1 Å². The van der Waals surface area contributed by atoms with Crippen molar-refractivity contribution in [1.82, 2.24) is 0 Å². The molecule has 1 aromatic rings. The van der Waals surface area contributed by atoms with Gasteiger partial charge in [0.1, 0.15) is 27.8 Å². The van der Waals surface area contributed by atoms with Gasteiger partial charge in [0.05, 0.1) is 21.3 Å². The molecule has 1 heterocycles. The summed E-state index contributed by atoms with van der Waals surface area (Å²) < 4.78 is 86.8. The average molecular weight is 453 g/mol. The number of hydrogen-bond acceptors (Lipinski definition) is 5. The van der Waals surface area contributed by atoms with Gasteiger partial charge in [0.2, 0.25) is 0 Å². The number of nitriles is 1. The molecule has 2 rings (SSSR count). The second kappa shape index (κ2) is 6.80. The van der Waals surface area contributed by atoms with E-state index in [1.54, 1.807) is 0 Å². The second-order valence-corrected chi connectivity index (χ2v) is 8.12. The highest BCUT2D eigenvalue weighted by Gasteiger charge is 2.60. The molecule has 3 unspecified atom stereocenters. The number of halogens is 8. The summed E-state index contributed by atoms with van der Waals surface area (Å²) >= 11 is 11.6. The summed E-state index contributed by atoms with van der Waals surface area (Å²) in [6, 6.07) is 2.34. The fourth-order valence-electron chi connectivity index (χ4n) is 2.35. The first-order chi connectivity index (χ1) is 12.2. The Balaban J connectivity index is 2.62. The van der Waals surface area contributed by atoms with E-state index in [-0.39, 0.29) is 0 Å². The molecule has 3 atom stereocenters. The van der Waals surface area contributed by atoms with Crippen LogP contribution >= 0.6 is 23.2 Å². The standard InChI is InChI=1S/C13H8Cl2F6N4OS/c1-11(27(26)13(19,20)21)8(4-22)24-25(10(11)23)9-6(14)2-5(3-7(9)15)12(16,17)18/h2-3,10H,23H2,1H3. The lowest BCUT2D eigenvalue weighted by Gasteiger charge is -2.32. The van der Waals surface area contributed by atoms with Crippen LogP contribution in [0.2, 0.25) is 10.0 Å². The highest BCUT2D eigenvalue weighted by Crippen LogP contribution is 2.45. The Hall–Kier alpha value is -1.55. The predicted molar refractivity (Wildman–Crippen MR) is 87.6 cm³/mol. The van der Waals surface area contributed by atoms with Crippen LogP contribution in [0.15, 0.2) is 17.2 Å². The van der Waals surface area contributed by atoms with Crippen LogP contribution in [-0.4, -0.2) is 26.3 Å². The zero-order valence-electron chi connectivity index (χ0n) is 13.0. The second-order valence-electron chi connectivity index (χ2n) is 5.46. The molecule has 5 nitrogen and oxygen atoms in total. The van der Waals surface area contributed by atoms with E-state index in [1.165, 1.54) is 6.07 Å². The van der Waals surface area contributed by atoms with E-state index in [1.807, 2.05) is 0 Å². The van der Waals surface area contributed by atoms with Crippen molar-refractivity contribution in [2.75, 3.05) is 5.01 Å². The van der Waals surface area contributed by atoms with E-state index in [9.17, 15) is 30.6 Å². The van der Waals surface area contributed by atoms with Crippen molar-refractivity contribution in [3.63, 3.8) is 0 Å². The maximum absolute atomic E-state index is 13.0. The minimum atomic E-state index is -5.23. The third-order valence-electron chi connectivity index (χ3n) is 3.78. The van der Waals surface area contributed by atoms with Crippen LogP contribution in [0.5, 0.6) is 0 Å². The van der Waals surface area contributed by atoms with E-state index in [4.69, 9.17) is 34.2 Å². The van der Waals surface area contributed by atoms with Crippen LogP contribution in [-0.2, 0) is 17.0 Å². The molecule has 0 bridgehead atoms. The molecule has 0 fully saturated rings. The molecule has 0 radical (unpaired) electrons. The van der Waals surface area contributed by atoms with Gasteiger partial charge in [0, 0.05) is 0 Å². The zero-order valence-corrected chi connectivity index (χ0v) is 15.3. The van der Waals surface area contributed by atoms with Gasteiger partial charge in [-0.2, -0.15) is 36.7 Å². The molecule has 1 aromatic carbocycles. The van der Waals surface area contributed by atoms with E-state index >= 15 is 0 Å². The van der Waals surface area contributed by atoms with Crippen molar-refractivity contribution in [2.24, 2.45) is 10.8 Å². The Labute approximate surface area is 160 Å². The van der Waals surface area contributed by atoms with Crippen LogP contribution in [0.3, 0.4) is 0 Å². The number of rotatable bonds is 2. The van der Waals surface area contributed by atoms with Crippen molar-refractivity contribution in [2.45, 2.75) is 29.5 Å². The molecule has 0 spiro atoms. The number of anilines is 1.